The Labute approximate surface area is 131 Å². The van der Waals surface area contributed by atoms with Crippen molar-refractivity contribution < 1.29 is 4.39 Å². The highest BCUT2D eigenvalue weighted by molar-refractivity contribution is 7.18. The maximum atomic E-state index is 13.5. The molecule has 108 valence electrons. The fraction of sp³-hybridized carbons (Fsp3) is 0.188. The number of rotatable bonds is 3. The Bertz CT molecular complexity index is 800. The van der Waals surface area contributed by atoms with Crippen LogP contribution in [0, 0.1) is 12.7 Å². The van der Waals surface area contributed by atoms with Crippen molar-refractivity contribution in [2.75, 3.05) is 5.32 Å². The molecule has 1 heterocycles. The molecule has 0 radical (unpaired) electrons. The molecule has 0 bridgehead atoms. The van der Waals surface area contributed by atoms with Crippen LogP contribution in [-0.4, -0.2) is 4.98 Å². The molecular weight excluding hydrogens is 307 g/mol. The van der Waals surface area contributed by atoms with Crippen LogP contribution < -0.4 is 5.32 Å². The first-order chi connectivity index (χ1) is 10.0. The summed E-state index contributed by atoms with van der Waals surface area (Å²) in [6.07, 6.45) is 0. The number of thiazole rings is 1. The van der Waals surface area contributed by atoms with Crippen LogP contribution in [0.5, 0.6) is 0 Å². The molecule has 0 spiro atoms. The number of aryl methyl sites for hydroxylation is 1. The molecular formula is C16H14ClFN2S. The van der Waals surface area contributed by atoms with Crippen LogP contribution in [0.4, 0.5) is 10.1 Å². The minimum absolute atomic E-state index is 0.0109. The fourth-order valence-corrected chi connectivity index (χ4v) is 3.23. The average Bonchev–Trinajstić information content (AvgIpc) is 2.81. The van der Waals surface area contributed by atoms with E-state index in [4.69, 9.17) is 11.6 Å². The second-order valence-corrected chi connectivity index (χ2v) is 6.60. The SMILES string of the molecule is Cc1nc2ccc(NC(C)c3ccc(Cl)c(F)c3)cc2s1. The van der Waals surface area contributed by atoms with Crippen molar-refractivity contribution in [1.82, 2.24) is 4.98 Å². The monoisotopic (exact) mass is 320 g/mol. The van der Waals surface area contributed by atoms with Crippen LogP contribution in [0.2, 0.25) is 5.02 Å². The summed E-state index contributed by atoms with van der Waals surface area (Å²) < 4.78 is 14.7. The number of anilines is 1. The molecule has 0 aliphatic carbocycles. The normalized spacial score (nSPS) is 12.6. The molecule has 0 saturated heterocycles. The first-order valence-corrected chi connectivity index (χ1v) is 7.81. The molecule has 0 saturated carbocycles. The second kappa shape index (κ2) is 5.62. The molecule has 1 aromatic heterocycles. The summed E-state index contributed by atoms with van der Waals surface area (Å²) in [5.41, 5.74) is 2.86. The second-order valence-electron chi connectivity index (χ2n) is 4.95. The first-order valence-electron chi connectivity index (χ1n) is 6.61. The van der Waals surface area contributed by atoms with E-state index in [1.807, 2.05) is 32.0 Å². The van der Waals surface area contributed by atoms with Crippen molar-refractivity contribution in [3.8, 4) is 0 Å². The quantitative estimate of drug-likeness (QED) is 0.682. The number of hydrogen-bond acceptors (Lipinski definition) is 3. The number of nitrogens with one attached hydrogen (secondary N) is 1. The molecule has 0 aliphatic rings. The summed E-state index contributed by atoms with van der Waals surface area (Å²) in [5.74, 6) is -0.392. The zero-order valence-corrected chi connectivity index (χ0v) is 13.2. The van der Waals surface area contributed by atoms with Gasteiger partial charge in [0.2, 0.25) is 0 Å². The topological polar surface area (TPSA) is 24.9 Å². The van der Waals surface area contributed by atoms with Gasteiger partial charge in [-0.2, -0.15) is 0 Å². The largest absolute Gasteiger partial charge is 0.378 e. The molecule has 1 unspecified atom stereocenters. The van der Waals surface area contributed by atoms with Gasteiger partial charge >= 0.3 is 0 Å². The van der Waals surface area contributed by atoms with Gasteiger partial charge in [-0.15, -0.1) is 11.3 Å². The Morgan fingerprint density at radius 2 is 2.05 bits per heavy atom. The van der Waals surface area contributed by atoms with E-state index in [1.54, 1.807) is 17.4 Å². The third-order valence-corrected chi connectivity index (χ3v) is 4.56. The summed E-state index contributed by atoms with van der Waals surface area (Å²) in [5, 5.41) is 4.57. The van der Waals surface area contributed by atoms with E-state index in [0.29, 0.717) is 0 Å². The predicted octanol–water partition coefficient (Wildman–Crippen LogP) is 5.57. The van der Waals surface area contributed by atoms with E-state index in [1.165, 1.54) is 6.07 Å². The summed E-state index contributed by atoms with van der Waals surface area (Å²) in [6, 6.07) is 10.9. The zero-order valence-electron chi connectivity index (χ0n) is 11.7. The highest BCUT2D eigenvalue weighted by atomic mass is 35.5. The van der Waals surface area contributed by atoms with Gasteiger partial charge in [-0.1, -0.05) is 17.7 Å². The summed E-state index contributed by atoms with van der Waals surface area (Å²) in [6.45, 7) is 3.99. The van der Waals surface area contributed by atoms with E-state index in [0.717, 1.165) is 26.5 Å². The number of nitrogens with zero attached hydrogens (tertiary/aromatic N) is 1. The Kier molecular flexibility index (Phi) is 3.83. The lowest BCUT2D eigenvalue weighted by Crippen LogP contribution is -2.06. The molecule has 2 nitrogen and oxygen atoms in total. The average molecular weight is 321 g/mol. The third-order valence-electron chi connectivity index (χ3n) is 3.32. The van der Waals surface area contributed by atoms with Crippen molar-refractivity contribution in [1.29, 1.82) is 0 Å². The van der Waals surface area contributed by atoms with E-state index >= 15 is 0 Å². The maximum Gasteiger partial charge on any atom is 0.142 e. The number of hydrogen-bond donors (Lipinski definition) is 1. The Hall–Kier alpha value is -1.65. The lowest BCUT2D eigenvalue weighted by molar-refractivity contribution is 0.624. The standard InChI is InChI=1S/C16H14ClFN2S/c1-9(11-3-5-13(17)14(18)7-11)19-12-4-6-15-16(8-12)21-10(2)20-15/h3-9,19H,1-2H3. The highest BCUT2D eigenvalue weighted by Crippen LogP contribution is 2.28. The van der Waals surface area contributed by atoms with Crippen LogP contribution >= 0.6 is 22.9 Å². The van der Waals surface area contributed by atoms with Gasteiger partial charge in [0, 0.05) is 11.7 Å². The Morgan fingerprint density at radius 1 is 1.24 bits per heavy atom. The Morgan fingerprint density at radius 3 is 2.81 bits per heavy atom. The zero-order chi connectivity index (χ0) is 15.0. The smallest absolute Gasteiger partial charge is 0.142 e. The minimum Gasteiger partial charge on any atom is -0.378 e. The van der Waals surface area contributed by atoms with Gasteiger partial charge in [0.15, 0.2) is 0 Å². The van der Waals surface area contributed by atoms with Gasteiger partial charge in [-0.25, -0.2) is 9.37 Å². The van der Waals surface area contributed by atoms with Crippen molar-refractivity contribution >= 4 is 38.8 Å². The molecule has 0 fully saturated rings. The molecule has 5 heteroatoms. The lowest BCUT2D eigenvalue weighted by atomic mass is 10.1. The maximum absolute atomic E-state index is 13.5. The van der Waals surface area contributed by atoms with Crippen molar-refractivity contribution in [3.63, 3.8) is 0 Å². The van der Waals surface area contributed by atoms with Gasteiger partial charge < -0.3 is 5.32 Å². The molecule has 3 rings (SSSR count). The van der Waals surface area contributed by atoms with Gasteiger partial charge in [0.1, 0.15) is 5.82 Å². The summed E-state index contributed by atoms with van der Waals surface area (Å²) >= 11 is 7.38. The van der Waals surface area contributed by atoms with Crippen molar-refractivity contribution in [2.45, 2.75) is 19.9 Å². The Balaban J connectivity index is 1.84. The van der Waals surface area contributed by atoms with E-state index in [2.05, 4.69) is 16.4 Å². The predicted molar refractivity (Wildman–Crippen MR) is 87.8 cm³/mol. The molecule has 2 aromatic carbocycles. The molecule has 3 aromatic rings. The van der Waals surface area contributed by atoms with Crippen molar-refractivity contribution in [2.24, 2.45) is 0 Å². The molecule has 1 atom stereocenters. The van der Waals surface area contributed by atoms with E-state index < -0.39 is 5.82 Å². The third kappa shape index (κ3) is 3.01. The van der Waals surface area contributed by atoms with Gasteiger partial charge in [-0.05, 0) is 49.7 Å². The van der Waals surface area contributed by atoms with Crippen LogP contribution in [0.1, 0.15) is 23.5 Å². The van der Waals surface area contributed by atoms with Gasteiger partial charge in [-0.3, -0.25) is 0 Å². The summed E-state index contributed by atoms with van der Waals surface area (Å²) in [4.78, 5) is 4.44. The lowest BCUT2D eigenvalue weighted by Gasteiger charge is -2.16. The van der Waals surface area contributed by atoms with Crippen LogP contribution in [-0.2, 0) is 0 Å². The van der Waals surface area contributed by atoms with Gasteiger partial charge in [0.25, 0.3) is 0 Å². The van der Waals surface area contributed by atoms with Crippen LogP contribution in [0.3, 0.4) is 0 Å². The molecule has 1 N–H and O–H groups in total. The van der Waals surface area contributed by atoms with Crippen LogP contribution in [0.15, 0.2) is 36.4 Å². The van der Waals surface area contributed by atoms with Gasteiger partial charge in [0.05, 0.1) is 20.2 Å². The fourth-order valence-electron chi connectivity index (χ4n) is 2.24. The first kappa shape index (κ1) is 14.3. The number of halogens is 2. The highest BCUT2D eigenvalue weighted by Gasteiger charge is 2.09. The number of fused-ring (bicyclic) bond motifs is 1. The minimum atomic E-state index is -0.392. The van der Waals surface area contributed by atoms with E-state index in [-0.39, 0.29) is 11.1 Å². The molecule has 0 aliphatic heterocycles. The van der Waals surface area contributed by atoms with Crippen LogP contribution in [0.25, 0.3) is 10.2 Å². The number of benzene rings is 2. The molecule has 21 heavy (non-hydrogen) atoms. The van der Waals surface area contributed by atoms with E-state index in [9.17, 15) is 4.39 Å². The van der Waals surface area contributed by atoms with Crippen molar-refractivity contribution in [3.05, 3.63) is 57.8 Å². The number of aromatic nitrogens is 1. The summed E-state index contributed by atoms with van der Waals surface area (Å²) in [7, 11) is 0. The molecule has 0 amide bonds.